The predicted molar refractivity (Wildman–Crippen MR) is 58.7 cm³/mol. The van der Waals surface area contributed by atoms with Crippen LogP contribution in [0, 0.1) is 17.8 Å². The number of carboxylic acids is 1. The zero-order valence-electron chi connectivity index (χ0n) is 9.90. The van der Waals surface area contributed by atoms with Gasteiger partial charge in [0.05, 0.1) is 12.0 Å². The Morgan fingerprint density at radius 2 is 2.13 bits per heavy atom. The molecule has 0 aromatic heterocycles. The number of rotatable bonds is 4. The lowest BCUT2D eigenvalue weighted by molar-refractivity contribution is -0.149. The van der Waals surface area contributed by atoms with Gasteiger partial charge in [0.25, 0.3) is 0 Å². The Morgan fingerprint density at radius 1 is 1.47 bits per heavy atom. The van der Waals surface area contributed by atoms with Crippen molar-refractivity contribution in [3.63, 3.8) is 0 Å². The van der Waals surface area contributed by atoms with Crippen molar-refractivity contribution >= 4 is 5.97 Å². The Labute approximate surface area is 91.8 Å². The zero-order valence-corrected chi connectivity index (χ0v) is 9.90. The minimum Gasteiger partial charge on any atom is -0.481 e. The summed E-state index contributed by atoms with van der Waals surface area (Å²) in [5.41, 5.74) is 0. The largest absolute Gasteiger partial charge is 0.481 e. The van der Waals surface area contributed by atoms with Crippen LogP contribution in [0.4, 0.5) is 0 Å². The SMILES string of the molecule is COC1CC(CC(C)C)CCC1C(=O)O. The second kappa shape index (κ2) is 5.50. The Kier molecular flexibility index (Phi) is 4.58. The van der Waals surface area contributed by atoms with E-state index >= 15 is 0 Å². The molecule has 15 heavy (non-hydrogen) atoms. The van der Waals surface area contributed by atoms with Crippen LogP contribution in [0.1, 0.15) is 39.5 Å². The molecule has 0 aliphatic heterocycles. The highest BCUT2D eigenvalue weighted by molar-refractivity contribution is 5.70. The van der Waals surface area contributed by atoms with Crippen LogP contribution < -0.4 is 0 Å². The molecule has 3 unspecified atom stereocenters. The maximum atomic E-state index is 11.0. The molecule has 1 aliphatic carbocycles. The van der Waals surface area contributed by atoms with Gasteiger partial charge in [-0.1, -0.05) is 13.8 Å². The van der Waals surface area contributed by atoms with E-state index in [1.165, 1.54) is 6.42 Å². The van der Waals surface area contributed by atoms with Gasteiger partial charge in [-0.05, 0) is 37.5 Å². The summed E-state index contributed by atoms with van der Waals surface area (Å²) in [5.74, 6) is 0.336. The quantitative estimate of drug-likeness (QED) is 0.782. The summed E-state index contributed by atoms with van der Waals surface area (Å²) in [6.45, 7) is 4.43. The summed E-state index contributed by atoms with van der Waals surface area (Å²) in [6, 6.07) is 0. The Hall–Kier alpha value is -0.570. The summed E-state index contributed by atoms with van der Waals surface area (Å²) in [6.07, 6.45) is 3.82. The fourth-order valence-electron chi connectivity index (χ4n) is 2.64. The van der Waals surface area contributed by atoms with Gasteiger partial charge in [0.1, 0.15) is 0 Å². The van der Waals surface area contributed by atoms with Crippen LogP contribution in [0.25, 0.3) is 0 Å². The van der Waals surface area contributed by atoms with Gasteiger partial charge >= 0.3 is 5.97 Å². The van der Waals surface area contributed by atoms with E-state index in [1.807, 2.05) is 0 Å². The van der Waals surface area contributed by atoms with Gasteiger partial charge < -0.3 is 9.84 Å². The van der Waals surface area contributed by atoms with Crippen molar-refractivity contribution in [2.24, 2.45) is 17.8 Å². The molecular formula is C12H22O3. The lowest BCUT2D eigenvalue weighted by atomic mass is 9.76. The first-order valence-electron chi connectivity index (χ1n) is 5.80. The number of methoxy groups -OCH3 is 1. The normalized spacial score (nSPS) is 31.9. The van der Waals surface area contributed by atoms with Crippen molar-refractivity contribution in [1.82, 2.24) is 0 Å². The van der Waals surface area contributed by atoms with Crippen molar-refractivity contribution in [1.29, 1.82) is 0 Å². The van der Waals surface area contributed by atoms with Crippen LogP contribution >= 0.6 is 0 Å². The number of hydrogen-bond donors (Lipinski definition) is 1. The van der Waals surface area contributed by atoms with E-state index < -0.39 is 5.97 Å². The predicted octanol–water partition coefficient (Wildman–Crippen LogP) is 2.55. The maximum Gasteiger partial charge on any atom is 0.309 e. The first kappa shape index (κ1) is 12.5. The summed E-state index contributed by atoms with van der Waals surface area (Å²) >= 11 is 0. The van der Waals surface area contributed by atoms with E-state index in [2.05, 4.69) is 13.8 Å². The maximum absolute atomic E-state index is 11.0. The number of carboxylic acid groups (broad SMARTS) is 1. The fraction of sp³-hybridized carbons (Fsp3) is 0.917. The molecule has 3 atom stereocenters. The lowest BCUT2D eigenvalue weighted by Crippen LogP contribution is -2.36. The molecule has 0 heterocycles. The van der Waals surface area contributed by atoms with Gasteiger partial charge in [0.15, 0.2) is 0 Å². The molecule has 3 heteroatoms. The van der Waals surface area contributed by atoms with Crippen LogP contribution in [0.2, 0.25) is 0 Å². The molecule has 88 valence electrons. The molecule has 1 aliphatic rings. The highest BCUT2D eigenvalue weighted by Gasteiger charge is 2.35. The van der Waals surface area contributed by atoms with Crippen molar-refractivity contribution in [2.75, 3.05) is 7.11 Å². The molecule has 0 radical (unpaired) electrons. The molecule has 1 saturated carbocycles. The Bertz CT molecular complexity index is 213. The molecule has 0 saturated heterocycles. The average molecular weight is 214 g/mol. The third kappa shape index (κ3) is 3.49. The summed E-state index contributed by atoms with van der Waals surface area (Å²) in [5, 5.41) is 9.03. The highest BCUT2D eigenvalue weighted by atomic mass is 16.5. The molecule has 0 aromatic rings. The Morgan fingerprint density at radius 3 is 2.60 bits per heavy atom. The van der Waals surface area contributed by atoms with Crippen LogP contribution in [-0.2, 0) is 9.53 Å². The highest BCUT2D eigenvalue weighted by Crippen LogP contribution is 2.34. The molecule has 0 aromatic carbocycles. The van der Waals surface area contributed by atoms with Gasteiger partial charge in [0, 0.05) is 7.11 Å². The molecule has 1 rings (SSSR count). The average Bonchev–Trinajstić information content (AvgIpc) is 2.16. The van der Waals surface area contributed by atoms with Crippen LogP contribution in [-0.4, -0.2) is 24.3 Å². The van der Waals surface area contributed by atoms with Gasteiger partial charge in [-0.3, -0.25) is 4.79 Å². The molecule has 1 fully saturated rings. The Balaban J connectivity index is 2.51. The van der Waals surface area contributed by atoms with Crippen molar-refractivity contribution in [2.45, 2.75) is 45.6 Å². The molecule has 0 amide bonds. The monoisotopic (exact) mass is 214 g/mol. The van der Waals surface area contributed by atoms with Crippen LogP contribution in [0.5, 0.6) is 0 Å². The van der Waals surface area contributed by atoms with Crippen molar-refractivity contribution in [3.8, 4) is 0 Å². The third-order valence-electron chi connectivity index (χ3n) is 3.33. The number of ether oxygens (including phenoxy) is 1. The van der Waals surface area contributed by atoms with Gasteiger partial charge in [-0.25, -0.2) is 0 Å². The molecule has 0 spiro atoms. The summed E-state index contributed by atoms with van der Waals surface area (Å²) in [7, 11) is 1.62. The molecule has 0 bridgehead atoms. The first-order chi connectivity index (χ1) is 7.04. The zero-order chi connectivity index (χ0) is 11.4. The smallest absolute Gasteiger partial charge is 0.309 e. The van der Waals surface area contributed by atoms with E-state index in [0.717, 1.165) is 19.3 Å². The third-order valence-corrected chi connectivity index (χ3v) is 3.33. The van der Waals surface area contributed by atoms with Gasteiger partial charge in [-0.15, -0.1) is 0 Å². The van der Waals surface area contributed by atoms with Gasteiger partial charge in [0.2, 0.25) is 0 Å². The first-order valence-corrected chi connectivity index (χ1v) is 5.80. The van der Waals surface area contributed by atoms with E-state index in [-0.39, 0.29) is 12.0 Å². The standard InChI is InChI=1S/C12H22O3/c1-8(2)6-9-4-5-10(12(13)14)11(7-9)15-3/h8-11H,4-7H2,1-3H3,(H,13,14). The van der Waals surface area contributed by atoms with E-state index in [9.17, 15) is 4.79 Å². The second-order valence-corrected chi connectivity index (χ2v) is 5.03. The van der Waals surface area contributed by atoms with Crippen molar-refractivity contribution in [3.05, 3.63) is 0 Å². The topological polar surface area (TPSA) is 46.5 Å². The molecular weight excluding hydrogens is 192 g/mol. The lowest BCUT2D eigenvalue weighted by Gasteiger charge is -2.33. The number of aliphatic carboxylic acids is 1. The fourth-order valence-corrected chi connectivity index (χ4v) is 2.64. The van der Waals surface area contributed by atoms with E-state index in [0.29, 0.717) is 11.8 Å². The van der Waals surface area contributed by atoms with Crippen molar-refractivity contribution < 1.29 is 14.6 Å². The van der Waals surface area contributed by atoms with E-state index in [4.69, 9.17) is 9.84 Å². The van der Waals surface area contributed by atoms with Crippen LogP contribution in [0.15, 0.2) is 0 Å². The minimum atomic E-state index is -0.704. The second-order valence-electron chi connectivity index (χ2n) is 5.03. The minimum absolute atomic E-state index is 0.0833. The van der Waals surface area contributed by atoms with Gasteiger partial charge in [-0.2, -0.15) is 0 Å². The molecule has 3 nitrogen and oxygen atoms in total. The summed E-state index contributed by atoms with van der Waals surface area (Å²) in [4.78, 5) is 11.0. The number of carbonyl (C=O) groups is 1. The van der Waals surface area contributed by atoms with Crippen LogP contribution in [0.3, 0.4) is 0 Å². The summed E-state index contributed by atoms with van der Waals surface area (Å²) < 4.78 is 5.30. The molecule has 1 N–H and O–H groups in total. The number of hydrogen-bond acceptors (Lipinski definition) is 2. The van der Waals surface area contributed by atoms with E-state index in [1.54, 1.807) is 7.11 Å².